The Labute approximate surface area is 230 Å². The van der Waals surface area contributed by atoms with Crippen molar-refractivity contribution < 1.29 is 13.2 Å². The number of nitrogens with zero attached hydrogens (tertiary/aromatic N) is 2. The molecule has 4 rings (SSSR count). The standard InChI is InChI=1S/C30H33N5O3S/c1-21-19-31-29(35-28(21)23-13-15-24(16-14-23)33-27(36)18-30(2,3)4)34-25-11-8-12-26(17-25)39(37,38)32-20-22-9-6-5-7-10-22/h5-17,19,32H,18,20H2,1-4H3,(H,33,36)(H,31,34,35). The highest BCUT2D eigenvalue weighted by Crippen LogP contribution is 2.26. The minimum Gasteiger partial charge on any atom is -0.326 e. The fraction of sp³-hybridized carbons (Fsp3) is 0.233. The zero-order valence-electron chi connectivity index (χ0n) is 22.5. The summed E-state index contributed by atoms with van der Waals surface area (Å²) in [4.78, 5) is 21.4. The van der Waals surface area contributed by atoms with Gasteiger partial charge in [0.1, 0.15) is 0 Å². The van der Waals surface area contributed by atoms with E-state index in [0.717, 1.165) is 28.1 Å². The first-order valence-electron chi connectivity index (χ1n) is 12.6. The summed E-state index contributed by atoms with van der Waals surface area (Å²) in [5.41, 5.74) is 4.53. The molecule has 0 atom stereocenters. The number of benzene rings is 3. The van der Waals surface area contributed by atoms with Gasteiger partial charge in [-0.05, 0) is 53.8 Å². The van der Waals surface area contributed by atoms with Crippen LogP contribution in [0.25, 0.3) is 11.3 Å². The molecule has 1 amide bonds. The molecule has 3 N–H and O–H groups in total. The largest absolute Gasteiger partial charge is 0.326 e. The number of carbonyl (C=O) groups is 1. The number of hydrogen-bond donors (Lipinski definition) is 3. The quantitative estimate of drug-likeness (QED) is 0.237. The van der Waals surface area contributed by atoms with Crippen molar-refractivity contribution in [2.45, 2.75) is 45.6 Å². The number of nitrogens with one attached hydrogen (secondary N) is 3. The molecule has 0 radical (unpaired) electrons. The van der Waals surface area contributed by atoms with Crippen LogP contribution in [0.2, 0.25) is 0 Å². The zero-order valence-corrected chi connectivity index (χ0v) is 23.3. The third kappa shape index (κ3) is 7.95. The molecule has 0 aliphatic rings. The molecule has 39 heavy (non-hydrogen) atoms. The van der Waals surface area contributed by atoms with E-state index in [4.69, 9.17) is 0 Å². The highest BCUT2D eigenvalue weighted by molar-refractivity contribution is 7.89. The van der Waals surface area contributed by atoms with Crippen molar-refractivity contribution >= 4 is 33.3 Å². The number of aromatic nitrogens is 2. The predicted molar refractivity (Wildman–Crippen MR) is 155 cm³/mol. The molecular formula is C30H33N5O3S. The lowest BCUT2D eigenvalue weighted by Gasteiger charge is -2.17. The molecule has 0 aliphatic heterocycles. The number of rotatable bonds is 9. The lowest BCUT2D eigenvalue weighted by atomic mass is 9.92. The summed E-state index contributed by atoms with van der Waals surface area (Å²) in [6.45, 7) is 8.19. The number of hydrogen-bond acceptors (Lipinski definition) is 6. The Morgan fingerprint density at radius 2 is 1.62 bits per heavy atom. The Bertz CT molecular complexity index is 1550. The second-order valence-corrected chi connectivity index (χ2v) is 12.3. The van der Waals surface area contributed by atoms with E-state index >= 15 is 0 Å². The molecule has 1 heterocycles. The van der Waals surface area contributed by atoms with E-state index in [0.29, 0.717) is 18.1 Å². The molecule has 0 unspecified atom stereocenters. The Morgan fingerprint density at radius 3 is 2.31 bits per heavy atom. The van der Waals surface area contributed by atoms with E-state index in [1.807, 2.05) is 82.3 Å². The lowest BCUT2D eigenvalue weighted by molar-refractivity contribution is -0.117. The smallest absolute Gasteiger partial charge is 0.240 e. The van der Waals surface area contributed by atoms with Crippen LogP contribution in [0.1, 0.15) is 38.3 Å². The number of amides is 1. The molecule has 9 heteroatoms. The number of carbonyl (C=O) groups excluding carboxylic acids is 1. The summed E-state index contributed by atoms with van der Waals surface area (Å²) in [6, 6.07) is 23.4. The summed E-state index contributed by atoms with van der Waals surface area (Å²) in [5, 5.41) is 6.05. The van der Waals surface area contributed by atoms with Gasteiger partial charge in [-0.1, -0.05) is 69.3 Å². The first kappa shape index (κ1) is 27.9. The maximum absolute atomic E-state index is 12.9. The van der Waals surface area contributed by atoms with Crippen molar-refractivity contribution in [1.82, 2.24) is 14.7 Å². The molecular weight excluding hydrogens is 510 g/mol. The van der Waals surface area contributed by atoms with Gasteiger partial charge in [0.05, 0.1) is 10.6 Å². The van der Waals surface area contributed by atoms with Crippen LogP contribution in [0.15, 0.2) is 90.0 Å². The Balaban J connectivity index is 1.47. The first-order chi connectivity index (χ1) is 18.5. The third-order valence-electron chi connectivity index (χ3n) is 5.81. The van der Waals surface area contributed by atoms with E-state index in [-0.39, 0.29) is 22.8 Å². The van der Waals surface area contributed by atoms with Gasteiger partial charge in [-0.2, -0.15) is 0 Å². The van der Waals surface area contributed by atoms with Crippen molar-refractivity contribution in [1.29, 1.82) is 0 Å². The minimum atomic E-state index is -3.71. The molecule has 0 fully saturated rings. The zero-order chi connectivity index (χ0) is 28.0. The summed E-state index contributed by atoms with van der Waals surface area (Å²) in [6.07, 6.45) is 2.14. The molecule has 8 nitrogen and oxygen atoms in total. The SMILES string of the molecule is Cc1cnc(Nc2cccc(S(=O)(=O)NCc3ccccc3)c2)nc1-c1ccc(NC(=O)CC(C)(C)C)cc1. The van der Waals surface area contributed by atoms with Crippen LogP contribution in [0, 0.1) is 12.3 Å². The molecule has 202 valence electrons. The fourth-order valence-electron chi connectivity index (χ4n) is 3.92. The van der Waals surface area contributed by atoms with Crippen molar-refractivity contribution in [2.75, 3.05) is 10.6 Å². The van der Waals surface area contributed by atoms with Crippen molar-refractivity contribution in [3.05, 3.63) is 96.2 Å². The molecule has 0 saturated heterocycles. The van der Waals surface area contributed by atoms with Gasteiger partial charge >= 0.3 is 0 Å². The molecule has 0 spiro atoms. The Kier molecular flexibility index (Phi) is 8.42. The topological polar surface area (TPSA) is 113 Å². The second kappa shape index (κ2) is 11.8. The Hall–Kier alpha value is -4.08. The summed E-state index contributed by atoms with van der Waals surface area (Å²) in [7, 11) is -3.71. The molecule has 0 aliphatic carbocycles. The van der Waals surface area contributed by atoms with Gasteiger partial charge in [-0.3, -0.25) is 4.79 Å². The Morgan fingerprint density at radius 1 is 0.897 bits per heavy atom. The van der Waals surface area contributed by atoms with Crippen LogP contribution in [-0.2, 0) is 21.4 Å². The van der Waals surface area contributed by atoms with Crippen molar-refractivity contribution in [3.63, 3.8) is 0 Å². The normalized spacial score (nSPS) is 11.7. The lowest BCUT2D eigenvalue weighted by Crippen LogP contribution is -2.23. The maximum Gasteiger partial charge on any atom is 0.240 e. The van der Waals surface area contributed by atoms with Gasteiger partial charge in [-0.15, -0.1) is 0 Å². The summed E-state index contributed by atoms with van der Waals surface area (Å²) in [5.74, 6) is 0.310. The molecule has 4 aromatic rings. The van der Waals surface area contributed by atoms with Crippen LogP contribution >= 0.6 is 0 Å². The van der Waals surface area contributed by atoms with Gasteiger partial charge in [-0.25, -0.2) is 23.1 Å². The van der Waals surface area contributed by atoms with Crippen molar-refractivity contribution in [2.24, 2.45) is 5.41 Å². The average molecular weight is 544 g/mol. The van der Waals surface area contributed by atoms with E-state index in [1.54, 1.807) is 30.5 Å². The van der Waals surface area contributed by atoms with E-state index in [2.05, 4.69) is 25.3 Å². The molecule has 0 saturated carbocycles. The summed E-state index contributed by atoms with van der Waals surface area (Å²) >= 11 is 0. The highest BCUT2D eigenvalue weighted by atomic mass is 32.2. The first-order valence-corrected chi connectivity index (χ1v) is 14.1. The van der Waals surface area contributed by atoms with E-state index in [1.165, 1.54) is 0 Å². The molecule has 3 aromatic carbocycles. The molecule has 0 bridgehead atoms. The van der Waals surface area contributed by atoms with Gasteiger partial charge in [0.2, 0.25) is 21.9 Å². The number of anilines is 3. The van der Waals surface area contributed by atoms with Gasteiger partial charge in [0, 0.05) is 36.1 Å². The third-order valence-corrected chi connectivity index (χ3v) is 7.21. The van der Waals surface area contributed by atoms with E-state index < -0.39 is 10.0 Å². The summed E-state index contributed by atoms with van der Waals surface area (Å²) < 4.78 is 28.4. The van der Waals surface area contributed by atoms with Crippen LogP contribution < -0.4 is 15.4 Å². The van der Waals surface area contributed by atoms with Crippen LogP contribution in [0.5, 0.6) is 0 Å². The fourth-order valence-corrected chi connectivity index (χ4v) is 4.98. The van der Waals surface area contributed by atoms with Gasteiger partial charge in [0.15, 0.2) is 0 Å². The van der Waals surface area contributed by atoms with Crippen LogP contribution in [0.3, 0.4) is 0 Å². The molecule has 1 aromatic heterocycles. The number of sulfonamides is 1. The van der Waals surface area contributed by atoms with Gasteiger partial charge in [0.25, 0.3) is 0 Å². The monoisotopic (exact) mass is 543 g/mol. The van der Waals surface area contributed by atoms with Crippen LogP contribution in [0.4, 0.5) is 17.3 Å². The van der Waals surface area contributed by atoms with E-state index in [9.17, 15) is 13.2 Å². The minimum absolute atomic E-state index is 0.0283. The highest BCUT2D eigenvalue weighted by Gasteiger charge is 2.17. The maximum atomic E-state index is 12.9. The number of aryl methyl sites for hydroxylation is 1. The second-order valence-electron chi connectivity index (χ2n) is 10.6. The predicted octanol–water partition coefficient (Wildman–Crippen LogP) is 6.05. The van der Waals surface area contributed by atoms with Crippen LogP contribution in [-0.4, -0.2) is 24.3 Å². The average Bonchev–Trinajstić information content (AvgIpc) is 2.89. The van der Waals surface area contributed by atoms with Gasteiger partial charge < -0.3 is 10.6 Å². The van der Waals surface area contributed by atoms with Crippen molar-refractivity contribution in [3.8, 4) is 11.3 Å².